The van der Waals surface area contributed by atoms with Crippen LogP contribution in [0.25, 0.3) is 0 Å². The molecule has 1 atom stereocenters. The Balaban J connectivity index is 1.79. The maximum absolute atomic E-state index is 13.8. The van der Waals surface area contributed by atoms with E-state index in [9.17, 15) is 14.3 Å². The molecule has 0 fully saturated rings. The van der Waals surface area contributed by atoms with Gasteiger partial charge in [-0.1, -0.05) is 24.3 Å². The van der Waals surface area contributed by atoms with Gasteiger partial charge in [-0.3, -0.25) is 0 Å². The molecule has 0 saturated carbocycles. The standard InChI is InChI=1S/C18H19FN2O3/c1-24-17-7-6-13(10-15(17)19)20-18(23)21-9-8-12-4-2-3-5-14(12)16(21)11-22/h2-7,10,16,22H,8-9,11H2,1H3,(H,20,23). The molecule has 2 aromatic carbocycles. The van der Waals surface area contributed by atoms with Crippen molar-refractivity contribution in [2.75, 3.05) is 25.6 Å². The summed E-state index contributed by atoms with van der Waals surface area (Å²) >= 11 is 0. The normalized spacial score (nSPS) is 16.5. The molecule has 6 heteroatoms. The number of nitrogens with zero attached hydrogens (tertiary/aromatic N) is 1. The van der Waals surface area contributed by atoms with E-state index in [1.165, 1.54) is 19.2 Å². The summed E-state index contributed by atoms with van der Waals surface area (Å²) in [5, 5.41) is 12.4. The summed E-state index contributed by atoms with van der Waals surface area (Å²) in [5.74, 6) is -0.425. The van der Waals surface area contributed by atoms with E-state index >= 15 is 0 Å². The van der Waals surface area contributed by atoms with E-state index in [4.69, 9.17) is 4.74 Å². The number of hydrogen-bond donors (Lipinski definition) is 2. The summed E-state index contributed by atoms with van der Waals surface area (Å²) in [4.78, 5) is 14.1. The predicted molar refractivity (Wildman–Crippen MR) is 88.6 cm³/mol. The molecular weight excluding hydrogens is 311 g/mol. The Morgan fingerprint density at radius 1 is 1.38 bits per heavy atom. The fourth-order valence-electron chi connectivity index (χ4n) is 3.03. The Kier molecular flexibility index (Phi) is 4.66. The maximum Gasteiger partial charge on any atom is 0.322 e. The fraction of sp³-hybridized carbons (Fsp3) is 0.278. The molecule has 0 bridgehead atoms. The lowest BCUT2D eigenvalue weighted by atomic mass is 9.93. The van der Waals surface area contributed by atoms with E-state index in [-0.39, 0.29) is 18.4 Å². The van der Waals surface area contributed by atoms with Crippen LogP contribution in [-0.4, -0.2) is 36.3 Å². The van der Waals surface area contributed by atoms with Crippen LogP contribution in [0.4, 0.5) is 14.9 Å². The number of carbonyl (C=O) groups is 1. The molecule has 5 nitrogen and oxygen atoms in total. The Hall–Kier alpha value is -2.60. The Bertz CT molecular complexity index is 751. The minimum atomic E-state index is -0.544. The third-order valence-corrected chi connectivity index (χ3v) is 4.25. The van der Waals surface area contributed by atoms with E-state index < -0.39 is 11.9 Å². The number of halogens is 1. The third-order valence-electron chi connectivity index (χ3n) is 4.25. The van der Waals surface area contributed by atoms with E-state index in [0.29, 0.717) is 12.2 Å². The van der Waals surface area contributed by atoms with Gasteiger partial charge in [0.05, 0.1) is 19.8 Å². The zero-order valence-corrected chi connectivity index (χ0v) is 13.3. The van der Waals surface area contributed by atoms with Crippen molar-refractivity contribution in [2.24, 2.45) is 0 Å². The molecule has 1 unspecified atom stereocenters. The van der Waals surface area contributed by atoms with Gasteiger partial charge >= 0.3 is 6.03 Å². The Morgan fingerprint density at radius 2 is 2.17 bits per heavy atom. The second kappa shape index (κ2) is 6.88. The zero-order chi connectivity index (χ0) is 17.1. The van der Waals surface area contributed by atoms with Crippen molar-refractivity contribution in [3.8, 4) is 5.75 Å². The van der Waals surface area contributed by atoms with Crippen molar-refractivity contribution in [3.63, 3.8) is 0 Å². The molecule has 2 aromatic rings. The molecule has 126 valence electrons. The molecule has 1 aliphatic rings. The van der Waals surface area contributed by atoms with Gasteiger partial charge in [-0.15, -0.1) is 0 Å². The second-order valence-corrected chi connectivity index (χ2v) is 5.62. The van der Waals surface area contributed by atoms with Crippen molar-refractivity contribution in [1.82, 2.24) is 4.90 Å². The van der Waals surface area contributed by atoms with Crippen LogP contribution in [0.15, 0.2) is 42.5 Å². The number of aliphatic hydroxyl groups is 1. The molecule has 0 radical (unpaired) electrons. The highest BCUT2D eigenvalue weighted by Crippen LogP contribution is 2.30. The number of anilines is 1. The highest BCUT2D eigenvalue weighted by molar-refractivity contribution is 5.90. The van der Waals surface area contributed by atoms with Crippen LogP contribution in [0.2, 0.25) is 0 Å². The van der Waals surface area contributed by atoms with Gasteiger partial charge in [-0.2, -0.15) is 0 Å². The van der Waals surface area contributed by atoms with E-state index in [2.05, 4.69) is 5.32 Å². The van der Waals surface area contributed by atoms with Crippen molar-refractivity contribution in [2.45, 2.75) is 12.5 Å². The number of fused-ring (bicyclic) bond motifs is 1. The molecule has 24 heavy (non-hydrogen) atoms. The topological polar surface area (TPSA) is 61.8 Å². The van der Waals surface area contributed by atoms with Crippen molar-refractivity contribution in [3.05, 3.63) is 59.4 Å². The SMILES string of the molecule is COc1ccc(NC(=O)N2CCc3ccccc3C2CO)cc1F. The lowest BCUT2D eigenvalue weighted by Crippen LogP contribution is -2.43. The fourth-order valence-corrected chi connectivity index (χ4v) is 3.03. The van der Waals surface area contributed by atoms with Gasteiger partial charge in [0.25, 0.3) is 0 Å². The van der Waals surface area contributed by atoms with Gasteiger partial charge in [0, 0.05) is 18.3 Å². The smallest absolute Gasteiger partial charge is 0.322 e. The van der Waals surface area contributed by atoms with Crippen LogP contribution < -0.4 is 10.1 Å². The average Bonchev–Trinajstić information content (AvgIpc) is 2.60. The Morgan fingerprint density at radius 3 is 2.88 bits per heavy atom. The molecule has 1 aliphatic heterocycles. The van der Waals surface area contributed by atoms with Crippen LogP contribution in [-0.2, 0) is 6.42 Å². The quantitative estimate of drug-likeness (QED) is 0.909. The number of hydrogen-bond acceptors (Lipinski definition) is 3. The molecule has 3 rings (SSSR count). The molecule has 1 heterocycles. The zero-order valence-electron chi connectivity index (χ0n) is 13.3. The molecule has 0 saturated heterocycles. The van der Waals surface area contributed by atoms with E-state index in [1.807, 2.05) is 24.3 Å². The Labute approximate surface area is 139 Å². The van der Waals surface area contributed by atoms with Gasteiger partial charge in [0.1, 0.15) is 0 Å². The maximum atomic E-state index is 13.8. The molecule has 0 aliphatic carbocycles. The van der Waals surface area contributed by atoms with Crippen molar-refractivity contribution in [1.29, 1.82) is 0 Å². The number of amides is 2. The predicted octanol–water partition coefficient (Wildman–Crippen LogP) is 2.96. The number of benzene rings is 2. The van der Waals surface area contributed by atoms with Crippen LogP contribution in [0.3, 0.4) is 0 Å². The largest absolute Gasteiger partial charge is 0.494 e. The lowest BCUT2D eigenvalue weighted by molar-refractivity contribution is 0.135. The minimum absolute atomic E-state index is 0.119. The second-order valence-electron chi connectivity index (χ2n) is 5.62. The molecule has 2 N–H and O–H groups in total. The first kappa shape index (κ1) is 16.3. The summed E-state index contributed by atoms with van der Waals surface area (Å²) in [6.07, 6.45) is 0.719. The molecule has 0 aromatic heterocycles. The molecule has 2 amide bonds. The minimum Gasteiger partial charge on any atom is -0.494 e. The first-order valence-corrected chi connectivity index (χ1v) is 7.74. The highest BCUT2D eigenvalue weighted by atomic mass is 19.1. The van der Waals surface area contributed by atoms with Crippen LogP contribution in [0.5, 0.6) is 5.75 Å². The number of urea groups is 1. The number of nitrogens with one attached hydrogen (secondary N) is 1. The highest BCUT2D eigenvalue weighted by Gasteiger charge is 2.30. The first-order chi connectivity index (χ1) is 11.6. The summed E-state index contributed by atoms with van der Waals surface area (Å²) in [5.41, 5.74) is 2.42. The molecule has 0 spiro atoms. The summed E-state index contributed by atoms with van der Waals surface area (Å²) in [6.45, 7) is 0.327. The van der Waals surface area contributed by atoms with Gasteiger partial charge in [0.15, 0.2) is 11.6 Å². The van der Waals surface area contributed by atoms with Crippen molar-refractivity contribution < 1.29 is 19.0 Å². The summed E-state index contributed by atoms with van der Waals surface area (Å²) in [6, 6.07) is 11.2. The van der Waals surface area contributed by atoms with Crippen LogP contribution in [0, 0.1) is 5.82 Å². The average molecular weight is 330 g/mol. The van der Waals surface area contributed by atoms with Crippen molar-refractivity contribution >= 4 is 11.7 Å². The summed E-state index contributed by atoms with van der Waals surface area (Å²) in [7, 11) is 1.38. The number of methoxy groups -OCH3 is 1. The lowest BCUT2D eigenvalue weighted by Gasteiger charge is -2.36. The van der Waals surface area contributed by atoms with E-state index in [1.54, 1.807) is 11.0 Å². The number of aliphatic hydroxyl groups excluding tert-OH is 1. The van der Waals surface area contributed by atoms with Gasteiger partial charge in [0.2, 0.25) is 0 Å². The van der Waals surface area contributed by atoms with Gasteiger partial charge in [-0.05, 0) is 29.7 Å². The number of rotatable bonds is 3. The molecular formula is C18H19FN2O3. The number of carbonyl (C=O) groups excluding carboxylic acids is 1. The monoisotopic (exact) mass is 330 g/mol. The summed E-state index contributed by atoms with van der Waals surface area (Å²) < 4.78 is 18.6. The van der Waals surface area contributed by atoms with Crippen LogP contribution >= 0.6 is 0 Å². The van der Waals surface area contributed by atoms with E-state index in [0.717, 1.165) is 17.5 Å². The van der Waals surface area contributed by atoms with Gasteiger partial charge < -0.3 is 20.1 Å². The van der Waals surface area contributed by atoms with Gasteiger partial charge in [-0.25, -0.2) is 9.18 Å². The first-order valence-electron chi connectivity index (χ1n) is 7.74. The van der Waals surface area contributed by atoms with Crippen LogP contribution in [0.1, 0.15) is 17.2 Å². The third kappa shape index (κ3) is 3.05. The number of ether oxygens (including phenoxy) is 1.